The third-order valence-electron chi connectivity index (χ3n) is 4.83. The van der Waals surface area contributed by atoms with E-state index in [4.69, 9.17) is 4.74 Å². The van der Waals surface area contributed by atoms with Gasteiger partial charge in [-0.1, -0.05) is 0 Å². The van der Waals surface area contributed by atoms with Crippen molar-refractivity contribution in [2.45, 2.75) is 6.42 Å². The van der Waals surface area contributed by atoms with E-state index in [0.717, 1.165) is 36.7 Å². The van der Waals surface area contributed by atoms with Crippen LogP contribution < -0.4 is 5.32 Å². The first kappa shape index (κ1) is 18.1. The second-order valence-electron chi connectivity index (χ2n) is 6.67. The highest BCUT2D eigenvalue weighted by molar-refractivity contribution is 7.99. The quantitative estimate of drug-likeness (QED) is 0.870. The molecule has 0 spiro atoms. The van der Waals surface area contributed by atoms with Crippen molar-refractivity contribution in [3.8, 4) is 5.69 Å². The fourth-order valence-corrected chi connectivity index (χ4v) is 4.12. The molecule has 1 atom stereocenters. The Hall–Kier alpha value is -2.32. The molecule has 27 heavy (non-hydrogen) atoms. The molecule has 2 aliphatic heterocycles. The van der Waals surface area contributed by atoms with Gasteiger partial charge in [-0.15, -0.1) is 0 Å². The van der Waals surface area contributed by atoms with Crippen molar-refractivity contribution in [3.05, 3.63) is 42.2 Å². The molecule has 0 bridgehead atoms. The van der Waals surface area contributed by atoms with Gasteiger partial charge in [0, 0.05) is 36.8 Å². The molecule has 142 valence electrons. The second kappa shape index (κ2) is 8.14. The van der Waals surface area contributed by atoms with E-state index >= 15 is 0 Å². The molecule has 1 aromatic carbocycles. The molecule has 2 amide bonds. The van der Waals surface area contributed by atoms with Crippen molar-refractivity contribution in [2.24, 2.45) is 5.92 Å². The third kappa shape index (κ3) is 4.17. The number of aromatic nitrogens is 2. The molecule has 1 unspecified atom stereocenters. The zero-order valence-corrected chi connectivity index (χ0v) is 15.8. The predicted octanol–water partition coefficient (Wildman–Crippen LogP) is 2.04. The Bertz CT molecular complexity index is 809. The third-order valence-corrected chi connectivity index (χ3v) is 5.77. The zero-order valence-electron chi connectivity index (χ0n) is 15.0. The number of amides is 2. The largest absolute Gasteiger partial charge is 0.381 e. The van der Waals surface area contributed by atoms with E-state index in [1.807, 2.05) is 40.9 Å². The maximum Gasteiger partial charge on any atom is 0.253 e. The van der Waals surface area contributed by atoms with Gasteiger partial charge in [-0.3, -0.25) is 9.59 Å². The van der Waals surface area contributed by atoms with Crippen LogP contribution in [0.15, 0.2) is 36.7 Å². The monoisotopic (exact) mass is 386 g/mol. The van der Waals surface area contributed by atoms with Crippen LogP contribution in [-0.4, -0.2) is 64.3 Å². The van der Waals surface area contributed by atoms with E-state index in [2.05, 4.69) is 10.4 Å². The summed E-state index contributed by atoms with van der Waals surface area (Å²) in [4.78, 5) is 26.6. The van der Waals surface area contributed by atoms with Crippen molar-refractivity contribution in [2.75, 3.05) is 43.1 Å². The summed E-state index contributed by atoms with van der Waals surface area (Å²) in [6, 6.07) is 7.40. The van der Waals surface area contributed by atoms with Crippen LogP contribution in [0.25, 0.3) is 5.69 Å². The average Bonchev–Trinajstić information content (AvgIpc) is 3.40. The molecule has 2 saturated heterocycles. The Balaban J connectivity index is 1.41. The standard InChI is InChI=1S/C19H22N4O3S/c24-18(15-5-8-26-13-15)21-16-11-20-23(12-16)17-3-1-14(2-4-17)19(25)22-6-9-27-10-7-22/h1-4,11-12,15H,5-10,13H2,(H,21,24). The number of carbonyl (C=O) groups excluding carboxylic acids is 2. The summed E-state index contributed by atoms with van der Waals surface area (Å²) in [6.45, 7) is 2.73. The van der Waals surface area contributed by atoms with Gasteiger partial charge in [0.25, 0.3) is 5.91 Å². The molecule has 2 fully saturated rings. The summed E-state index contributed by atoms with van der Waals surface area (Å²) in [5.74, 6) is 1.95. The first-order chi connectivity index (χ1) is 13.2. The summed E-state index contributed by atoms with van der Waals surface area (Å²) in [5, 5.41) is 7.18. The van der Waals surface area contributed by atoms with Crippen molar-refractivity contribution >= 4 is 29.3 Å². The SMILES string of the molecule is O=C(Nc1cnn(-c2ccc(C(=O)N3CCSCC3)cc2)c1)C1CCOC1. The van der Waals surface area contributed by atoms with Gasteiger partial charge in [0.05, 0.1) is 36.3 Å². The van der Waals surface area contributed by atoms with Crippen molar-refractivity contribution < 1.29 is 14.3 Å². The van der Waals surface area contributed by atoms with E-state index in [-0.39, 0.29) is 17.7 Å². The van der Waals surface area contributed by atoms with Crippen LogP contribution in [0.3, 0.4) is 0 Å². The summed E-state index contributed by atoms with van der Waals surface area (Å²) < 4.78 is 6.94. The number of benzene rings is 1. The molecule has 2 aliphatic rings. The first-order valence-electron chi connectivity index (χ1n) is 9.11. The van der Waals surface area contributed by atoms with Crippen LogP contribution >= 0.6 is 11.8 Å². The van der Waals surface area contributed by atoms with E-state index in [1.165, 1.54) is 0 Å². The van der Waals surface area contributed by atoms with Crippen LogP contribution in [0.2, 0.25) is 0 Å². The van der Waals surface area contributed by atoms with Gasteiger partial charge in [0.1, 0.15) is 0 Å². The van der Waals surface area contributed by atoms with Gasteiger partial charge >= 0.3 is 0 Å². The lowest BCUT2D eigenvalue weighted by Gasteiger charge is -2.26. The number of nitrogens with zero attached hydrogens (tertiary/aromatic N) is 3. The first-order valence-corrected chi connectivity index (χ1v) is 10.3. The van der Waals surface area contributed by atoms with Gasteiger partial charge < -0.3 is 15.0 Å². The van der Waals surface area contributed by atoms with E-state index in [0.29, 0.717) is 24.5 Å². The molecule has 0 radical (unpaired) electrons. The smallest absolute Gasteiger partial charge is 0.253 e. The molecule has 2 aromatic rings. The van der Waals surface area contributed by atoms with E-state index in [1.54, 1.807) is 17.1 Å². The highest BCUT2D eigenvalue weighted by atomic mass is 32.2. The zero-order chi connectivity index (χ0) is 18.6. The van der Waals surface area contributed by atoms with Gasteiger partial charge in [-0.25, -0.2) is 4.68 Å². The topological polar surface area (TPSA) is 76.5 Å². The fourth-order valence-electron chi connectivity index (χ4n) is 3.22. The highest BCUT2D eigenvalue weighted by Gasteiger charge is 2.24. The minimum atomic E-state index is -0.0909. The van der Waals surface area contributed by atoms with Crippen LogP contribution in [0.5, 0.6) is 0 Å². The maximum absolute atomic E-state index is 12.5. The molecular formula is C19H22N4O3S. The predicted molar refractivity (Wildman–Crippen MR) is 104 cm³/mol. The molecule has 1 N–H and O–H groups in total. The lowest BCUT2D eigenvalue weighted by molar-refractivity contribution is -0.119. The number of carbonyl (C=O) groups is 2. The van der Waals surface area contributed by atoms with Crippen molar-refractivity contribution in [3.63, 3.8) is 0 Å². The minimum absolute atomic E-state index is 0.0345. The van der Waals surface area contributed by atoms with E-state index in [9.17, 15) is 9.59 Å². The molecule has 3 heterocycles. The molecule has 8 heteroatoms. The maximum atomic E-state index is 12.5. The Morgan fingerprint density at radius 1 is 1.19 bits per heavy atom. The Morgan fingerprint density at radius 3 is 2.67 bits per heavy atom. The number of hydrogen-bond acceptors (Lipinski definition) is 5. The number of ether oxygens (including phenoxy) is 1. The number of hydrogen-bond donors (Lipinski definition) is 1. The van der Waals surface area contributed by atoms with Gasteiger partial charge in [0.2, 0.25) is 5.91 Å². The van der Waals surface area contributed by atoms with Gasteiger partial charge in [-0.05, 0) is 30.7 Å². The Labute approximate surface area is 162 Å². The molecule has 0 aliphatic carbocycles. The van der Waals surface area contributed by atoms with Crippen LogP contribution in [0.1, 0.15) is 16.8 Å². The molecule has 0 saturated carbocycles. The Morgan fingerprint density at radius 2 is 1.96 bits per heavy atom. The summed E-state index contributed by atoms with van der Waals surface area (Å²) in [7, 11) is 0. The number of anilines is 1. The second-order valence-corrected chi connectivity index (χ2v) is 7.90. The van der Waals surface area contributed by atoms with Crippen LogP contribution in [0, 0.1) is 5.92 Å². The van der Waals surface area contributed by atoms with E-state index < -0.39 is 0 Å². The number of rotatable bonds is 4. The lowest BCUT2D eigenvalue weighted by Crippen LogP contribution is -2.37. The molecular weight excluding hydrogens is 364 g/mol. The van der Waals surface area contributed by atoms with Gasteiger partial charge in [0.15, 0.2) is 0 Å². The van der Waals surface area contributed by atoms with Gasteiger partial charge in [-0.2, -0.15) is 16.9 Å². The van der Waals surface area contributed by atoms with Crippen LogP contribution in [0.4, 0.5) is 5.69 Å². The fraction of sp³-hybridized carbons (Fsp3) is 0.421. The number of thioether (sulfide) groups is 1. The Kier molecular flexibility index (Phi) is 5.45. The normalized spacial score (nSPS) is 19.9. The molecule has 4 rings (SSSR count). The average molecular weight is 386 g/mol. The molecule has 7 nitrogen and oxygen atoms in total. The van der Waals surface area contributed by atoms with Crippen molar-refractivity contribution in [1.82, 2.24) is 14.7 Å². The lowest BCUT2D eigenvalue weighted by atomic mass is 10.1. The molecule has 1 aromatic heterocycles. The number of nitrogens with one attached hydrogen (secondary N) is 1. The summed E-state index contributed by atoms with van der Waals surface area (Å²) >= 11 is 1.88. The highest BCUT2D eigenvalue weighted by Crippen LogP contribution is 2.18. The van der Waals surface area contributed by atoms with Crippen LogP contribution in [-0.2, 0) is 9.53 Å². The minimum Gasteiger partial charge on any atom is -0.381 e. The summed E-state index contributed by atoms with van der Waals surface area (Å²) in [6.07, 6.45) is 4.15. The summed E-state index contributed by atoms with van der Waals surface area (Å²) in [5.41, 5.74) is 2.18. The van der Waals surface area contributed by atoms with Crippen molar-refractivity contribution in [1.29, 1.82) is 0 Å².